The van der Waals surface area contributed by atoms with E-state index in [1.54, 1.807) is 6.20 Å². The highest BCUT2D eigenvalue weighted by Crippen LogP contribution is 2.25. The highest BCUT2D eigenvalue weighted by atomic mass is 15.3. The second kappa shape index (κ2) is 5.82. The van der Waals surface area contributed by atoms with Crippen molar-refractivity contribution < 1.29 is 0 Å². The first-order chi connectivity index (χ1) is 10.5. The van der Waals surface area contributed by atoms with Crippen LogP contribution in [0.4, 0.5) is 5.82 Å². The van der Waals surface area contributed by atoms with E-state index < -0.39 is 0 Å². The summed E-state index contributed by atoms with van der Waals surface area (Å²) in [7, 11) is 0. The minimum absolute atomic E-state index is 0.0473. The van der Waals surface area contributed by atoms with Gasteiger partial charge in [-0.15, -0.1) is 0 Å². The number of nitrogens with two attached hydrogens (primary N) is 1. The summed E-state index contributed by atoms with van der Waals surface area (Å²) in [5.74, 6) is 1.40. The van der Waals surface area contributed by atoms with E-state index in [2.05, 4.69) is 40.6 Å². The van der Waals surface area contributed by atoms with E-state index in [1.165, 1.54) is 0 Å². The fraction of sp³-hybridized carbons (Fsp3) is 0.533. The molecule has 0 radical (unpaired) electrons. The van der Waals surface area contributed by atoms with Crippen molar-refractivity contribution in [3.05, 3.63) is 24.0 Å². The number of nitrogens with zero attached hydrogens (tertiary/aromatic N) is 3. The average molecular weight is 301 g/mol. The molecule has 1 aliphatic rings. The Morgan fingerprint density at radius 1 is 1.41 bits per heavy atom. The summed E-state index contributed by atoms with van der Waals surface area (Å²) in [6, 6.07) is 4.63. The standard InChI is InChI=1S/C15H23N7/c1-9(2)12-8-14(22-13(21-12)5-6-18-22)19-10-3-4-11(7-10)20-15(16)17/h5-6,8-11,19H,3-4,7H2,1-2H3,(H4,16,17,20)/t10-,11-/m1/s1. The average Bonchev–Trinajstić information content (AvgIpc) is 3.07. The fourth-order valence-electron chi connectivity index (χ4n) is 3.00. The molecule has 1 fully saturated rings. The van der Waals surface area contributed by atoms with E-state index in [-0.39, 0.29) is 12.0 Å². The van der Waals surface area contributed by atoms with Crippen molar-refractivity contribution in [3.8, 4) is 0 Å². The normalized spacial score (nSPS) is 21.4. The Hall–Kier alpha value is -2.31. The summed E-state index contributed by atoms with van der Waals surface area (Å²) >= 11 is 0. The third kappa shape index (κ3) is 2.98. The van der Waals surface area contributed by atoms with Gasteiger partial charge in [0.25, 0.3) is 0 Å². The fourth-order valence-corrected chi connectivity index (χ4v) is 3.00. The quantitative estimate of drug-likeness (QED) is 0.508. The Kier molecular flexibility index (Phi) is 3.87. The molecule has 22 heavy (non-hydrogen) atoms. The summed E-state index contributed by atoms with van der Waals surface area (Å²) in [5.41, 5.74) is 7.34. The number of hydrogen-bond donors (Lipinski definition) is 4. The number of fused-ring (bicyclic) bond motifs is 1. The van der Waals surface area contributed by atoms with Gasteiger partial charge in [0.15, 0.2) is 11.6 Å². The van der Waals surface area contributed by atoms with Crippen LogP contribution in [0.1, 0.15) is 44.7 Å². The number of anilines is 1. The zero-order chi connectivity index (χ0) is 15.7. The number of rotatable bonds is 4. The van der Waals surface area contributed by atoms with Gasteiger partial charge in [0.1, 0.15) is 5.82 Å². The molecule has 1 aliphatic carbocycles. The molecule has 5 N–H and O–H groups in total. The molecule has 2 atom stereocenters. The van der Waals surface area contributed by atoms with Crippen molar-refractivity contribution >= 4 is 17.4 Å². The first kappa shape index (κ1) is 14.6. The minimum Gasteiger partial charge on any atom is -0.370 e. The molecule has 2 aromatic rings. The first-order valence-electron chi connectivity index (χ1n) is 7.74. The van der Waals surface area contributed by atoms with E-state index >= 15 is 0 Å². The number of aromatic nitrogens is 3. The summed E-state index contributed by atoms with van der Waals surface area (Å²) in [5, 5.41) is 18.3. The lowest BCUT2D eigenvalue weighted by atomic mass is 10.1. The van der Waals surface area contributed by atoms with Crippen molar-refractivity contribution in [3.63, 3.8) is 0 Å². The van der Waals surface area contributed by atoms with Gasteiger partial charge in [0, 0.05) is 29.9 Å². The summed E-state index contributed by atoms with van der Waals surface area (Å²) < 4.78 is 1.84. The van der Waals surface area contributed by atoms with E-state index in [4.69, 9.17) is 11.1 Å². The van der Waals surface area contributed by atoms with Gasteiger partial charge in [-0.1, -0.05) is 13.8 Å². The van der Waals surface area contributed by atoms with Crippen LogP contribution in [0.5, 0.6) is 0 Å². The van der Waals surface area contributed by atoms with Crippen LogP contribution in [0, 0.1) is 5.41 Å². The topological polar surface area (TPSA) is 104 Å². The Balaban J connectivity index is 1.79. The molecule has 7 heteroatoms. The van der Waals surface area contributed by atoms with Crippen molar-refractivity contribution in [2.45, 2.75) is 51.1 Å². The van der Waals surface area contributed by atoms with Crippen LogP contribution in [0.2, 0.25) is 0 Å². The van der Waals surface area contributed by atoms with Crippen LogP contribution >= 0.6 is 0 Å². The van der Waals surface area contributed by atoms with Crippen LogP contribution in [0.15, 0.2) is 18.3 Å². The predicted molar refractivity (Wildman–Crippen MR) is 87.2 cm³/mol. The van der Waals surface area contributed by atoms with Crippen LogP contribution < -0.4 is 16.4 Å². The molecular formula is C15H23N7. The molecule has 2 heterocycles. The maximum atomic E-state index is 7.33. The summed E-state index contributed by atoms with van der Waals surface area (Å²) in [6.07, 6.45) is 4.78. The zero-order valence-corrected chi connectivity index (χ0v) is 13.0. The Morgan fingerprint density at radius 3 is 2.91 bits per heavy atom. The maximum Gasteiger partial charge on any atom is 0.185 e. The third-order valence-corrected chi connectivity index (χ3v) is 4.11. The van der Waals surface area contributed by atoms with Crippen molar-refractivity contribution in [1.82, 2.24) is 19.9 Å². The van der Waals surface area contributed by atoms with Gasteiger partial charge >= 0.3 is 0 Å². The summed E-state index contributed by atoms with van der Waals surface area (Å²) in [6.45, 7) is 4.28. The second-order valence-electron chi connectivity index (χ2n) is 6.23. The number of guanidine groups is 1. The van der Waals surface area contributed by atoms with Gasteiger partial charge in [0.2, 0.25) is 0 Å². The maximum absolute atomic E-state index is 7.33. The molecule has 0 saturated heterocycles. The predicted octanol–water partition coefficient (Wildman–Crippen LogP) is 1.67. The lowest BCUT2D eigenvalue weighted by molar-refractivity contribution is 0.616. The zero-order valence-electron chi connectivity index (χ0n) is 13.0. The molecule has 0 amide bonds. The van der Waals surface area contributed by atoms with Gasteiger partial charge in [-0.2, -0.15) is 9.61 Å². The van der Waals surface area contributed by atoms with Gasteiger partial charge in [-0.05, 0) is 25.2 Å². The Morgan fingerprint density at radius 2 is 2.18 bits per heavy atom. The molecule has 0 unspecified atom stereocenters. The molecule has 0 bridgehead atoms. The molecule has 0 spiro atoms. The number of hydrogen-bond acceptors (Lipinski definition) is 4. The largest absolute Gasteiger partial charge is 0.370 e. The SMILES string of the molecule is CC(C)c1cc(N[C@@H]2CC[C@@H](NC(=N)N)C2)n2nccc2n1. The van der Waals surface area contributed by atoms with Crippen LogP contribution in [-0.2, 0) is 0 Å². The highest BCUT2D eigenvalue weighted by Gasteiger charge is 2.25. The molecule has 1 saturated carbocycles. The monoisotopic (exact) mass is 301 g/mol. The molecule has 3 rings (SSSR count). The highest BCUT2D eigenvalue weighted by molar-refractivity contribution is 5.74. The van der Waals surface area contributed by atoms with Crippen LogP contribution in [-0.4, -0.2) is 32.6 Å². The van der Waals surface area contributed by atoms with Gasteiger partial charge in [-0.3, -0.25) is 5.41 Å². The van der Waals surface area contributed by atoms with E-state index in [1.807, 2.05) is 10.6 Å². The molecule has 118 valence electrons. The van der Waals surface area contributed by atoms with Crippen molar-refractivity contribution in [2.24, 2.45) is 5.73 Å². The Bertz CT molecular complexity index is 676. The first-order valence-corrected chi connectivity index (χ1v) is 7.74. The molecule has 2 aromatic heterocycles. The molecular weight excluding hydrogens is 278 g/mol. The summed E-state index contributed by atoms with van der Waals surface area (Å²) in [4.78, 5) is 4.63. The molecule has 0 aliphatic heterocycles. The molecule has 7 nitrogen and oxygen atoms in total. The van der Waals surface area contributed by atoms with Crippen LogP contribution in [0.25, 0.3) is 5.65 Å². The van der Waals surface area contributed by atoms with Crippen molar-refractivity contribution in [1.29, 1.82) is 5.41 Å². The van der Waals surface area contributed by atoms with E-state index in [9.17, 15) is 0 Å². The van der Waals surface area contributed by atoms with Gasteiger partial charge in [-0.25, -0.2) is 4.98 Å². The number of nitrogens with one attached hydrogen (secondary N) is 3. The smallest absolute Gasteiger partial charge is 0.185 e. The van der Waals surface area contributed by atoms with Gasteiger partial charge in [0.05, 0.1) is 6.20 Å². The van der Waals surface area contributed by atoms with Crippen LogP contribution in [0.3, 0.4) is 0 Å². The minimum atomic E-state index is 0.0473. The van der Waals surface area contributed by atoms with E-state index in [0.29, 0.717) is 12.0 Å². The second-order valence-corrected chi connectivity index (χ2v) is 6.23. The third-order valence-electron chi connectivity index (χ3n) is 4.11. The molecule has 0 aromatic carbocycles. The lowest BCUT2D eigenvalue weighted by Crippen LogP contribution is -2.38. The van der Waals surface area contributed by atoms with Gasteiger partial charge < -0.3 is 16.4 Å². The van der Waals surface area contributed by atoms with E-state index in [0.717, 1.165) is 36.4 Å². The van der Waals surface area contributed by atoms with Crippen molar-refractivity contribution in [2.75, 3.05) is 5.32 Å². The lowest BCUT2D eigenvalue weighted by Gasteiger charge is -2.17. The Labute approximate surface area is 129 Å².